The van der Waals surface area contributed by atoms with E-state index in [0.29, 0.717) is 13.2 Å². The zero-order valence-corrected chi connectivity index (χ0v) is 9.67. The first-order chi connectivity index (χ1) is 8.25. The molecule has 4 heteroatoms. The molecule has 0 bridgehead atoms. The molecule has 3 nitrogen and oxygen atoms in total. The Labute approximate surface area is 99.7 Å². The van der Waals surface area contributed by atoms with Crippen LogP contribution in [0.2, 0.25) is 0 Å². The van der Waals surface area contributed by atoms with Gasteiger partial charge in [0.15, 0.2) is 6.79 Å². The van der Waals surface area contributed by atoms with E-state index in [1.54, 1.807) is 6.07 Å². The van der Waals surface area contributed by atoms with Gasteiger partial charge in [0.1, 0.15) is 11.6 Å². The molecule has 0 saturated heterocycles. The van der Waals surface area contributed by atoms with Gasteiger partial charge in [-0.25, -0.2) is 4.39 Å². The monoisotopic (exact) mass is 237 g/mol. The third-order valence-electron chi connectivity index (χ3n) is 3.95. The summed E-state index contributed by atoms with van der Waals surface area (Å²) in [5, 5.41) is 0. The van der Waals surface area contributed by atoms with Crippen molar-refractivity contribution < 1.29 is 13.9 Å². The molecule has 1 heterocycles. The van der Waals surface area contributed by atoms with Gasteiger partial charge in [-0.3, -0.25) is 0 Å². The fourth-order valence-electron chi connectivity index (χ4n) is 2.76. The molecular weight excluding hydrogens is 221 g/mol. The average molecular weight is 237 g/mol. The molecular formula is C13H16FNO2. The van der Waals surface area contributed by atoms with Crippen molar-refractivity contribution in [2.24, 2.45) is 5.73 Å². The molecule has 0 spiro atoms. The number of halogens is 1. The molecule has 2 N–H and O–H groups in total. The Morgan fingerprint density at radius 1 is 1.35 bits per heavy atom. The maximum absolute atomic E-state index is 13.6. The summed E-state index contributed by atoms with van der Waals surface area (Å²) in [4.78, 5) is 0. The Bertz CT molecular complexity index is 438. The van der Waals surface area contributed by atoms with Gasteiger partial charge < -0.3 is 15.2 Å². The number of hydrogen-bond acceptors (Lipinski definition) is 3. The predicted molar refractivity (Wildman–Crippen MR) is 61.3 cm³/mol. The molecule has 0 unspecified atom stereocenters. The lowest BCUT2D eigenvalue weighted by atomic mass is 9.64. The van der Waals surface area contributed by atoms with Crippen LogP contribution in [-0.2, 0) is 16.8 Å². The lowest BCUT2D eigenvalue weighted by Gasteiger charge is -2.43. The molecule has 1 fully saturated rings. The second-order valence-corrected chi connectivity index (χ2v) is 4.89. The van der Waals surface area contributed by atoms with Crippen LogP contribution in [0.15, 0.2) is 12.1 Å². The van der Waals surface area contributed by atoms with Gasteiger partial charge in [0.25, 0.3) is 0 Å². The summed E-state index contributed by atoms with van der Waals surface area (Å²) in [7, 11) is 0. The minimum Gasteiger partial charge on any atom is -0.467 e. The van der Waals surface area contributed by atoms with Crippen LogP contribution in [0.25, 0.3) is 0 Å². The molecule has 17 heavy (non-hydrogen) atoms. The third-order valence-corrected chi connectivity index (χ3v) is 3.95. The molecule has 0 aromatic heterocycles. The van der Waals surface area contributed by atoms with Crippen molar-refractivity contribution in [3.8, 4) is 5.75 Å². The summed E-state index contributed by atoms with van der Waals surface area (Å²) >= 11 is 0. The standard InChI is InChI=1S/C13H16FNO2/c14-10-4-9-6-16-8-17-12(9)11(5-10)13(7-15)2-1-3-13/h4-5H,1-3,6-8,15H2. The van der Waals surface area contributed by atoms with Crippen LogP contribution in [0, 0.1) is 5.82 Å². The van der Waals surface area contributed by atoms with Gasteiger partial charge in [-0.15, -0.1) is 0 Å². The first-order valence-electron chi connectivity index (χ1n) is 5.99. The number of benzene rings is 1. The number of fused-ring (bicyclic) bond motifs is 1. The first kappa shape index (κ1) is 11.0. The number of rotatable bonds is 2. The van der Waals surface area contributed by atoms with Gasteiger partial charge in [-0.2, -0.15) is 0 Å². The second-order valence-electron chi connectivity index (χ2n) is 4.89. The molecule has 92 valence electrons. The third kappa shape index (κ3) is 1.63. The van der Waals surface area contributed by atoms with E-state index < -0.39 is 0 Å². The van der Waals surface area contributed by atoms with Crippen molar-refractivity contribution >= 4 is 0 Å². The van der Waals surface area contributed by atoms with Gasteiger partial charge in [0, 0.05) is 23.1 Å². The highest BCUT2D eigenvalue weighted by atomic mass is 19.1. The topological polar surface area (TPSA) is 44.5 Å². The molecule has 1 aliphatic heterocycles. The molecule has 1 aromatic carbocycles. The van der Waals surface area contributed by atoms with Gasteiger partial charge in [0.2, 0.25) is 0 Å². The molecule has 0 radical (unpaired) electrons. The maximum atomic E-state index is 13.6. The van der Waals surface area contributed by atoms with Gasteiger partial charge in [-0.1, -0.05) is 6.42 Å². The summed E-state index contributed by atoms with van der Waals surface area (Å²) in [6.45, 7) is 1.21. The Balaban J connectivity index is 2.11. The van der Waals surface area contributed by atoms with Gasteiger partial charge >= 0.3 is 0 Å². The van der Waals surface area contributed by atoms with Crippen molar-refractivity contribution in [1.82, 2.24) is 0 Å². The van der Waals surface area contributed by atoms with Crippen molar-refractivity contribution in [2.75, 3.05) is 13.3 Å². The molecule has 0 atom stereocenters. The Hall–Kier alpha value is -1.13. The van der Waals surface area contributed by atoms with Crippen LogP contribution >= 0.6 is 0 Å². The highest BCUT2D eigenvalue weighted by molar-refractivity contribution is 5.48. The average Bonchev–Trinajstić information content (AvgIpc) is 2.28. The summed E-state index contributed by atoms with van der Waals surface area (Å²) in [5.74, 6) is 0.565. The molecule has 1 aromatic rings. The van der Waals surface area contributed by atoms with Gasteiger partial charge in [0.05, 0.1) is 6.61 Å². The van der Waals surface area contributed by atoms with E-state index >= 15 is 0 Å². The van der Waals surface area contributed by atoms with E-state index in [1.807, 2.05) is 0 Å². The van der Waals surface area contributed by atoms with Crippen LogP contribution in [0.1, 0.15) is 30.4 Å². The smallest absolute Gasteiger partial charge is 0.189 e. The number of nitrogens with two attached hydrogens (primary N) is 1. The molecule has 0 amide bonds. The van der Waals surface area contributed by atoms with Crippen LogP contribution in [-0.4, -0.2) is 13.3 Å². The summed E-state index contributed by atoms with van der Waals surface area (Å²) in [5.41, 5.74) is 7.53. The lowest BCUT2D eigenvalue weighted by molar-refractivity contribution is -0.0186. The highest BCUT2D eigenvalue weighted by Crippen LogP contribution is 2.48. The summed E-state index contributed by atoms with van der Waals surface area (Å²) < 4.78 is 24.4. The Kier molecular flexibility index (Phi) is 2.56. The van der Waals surface area contributed by atoms with Crippen LogP contribution in [0.5, 0.6) is 5.75 Å². The lowest BCUT2D eigenvalue weighted by Crippen LogP contribution is -2.42. The summed E-state index contributed by atoms with van der Waals surface area (Å²) in [6.07, 6.45) is 3.19. The van der Waals surface area contributed by atoms with E-state index in [-0.39, 0.29) is 18.0 Å². The van der Waals surface area contributed by atoms with E-state index in [9.17, 15) is 4.39 Å². The SMILES string of the molecule is NCC1(c2cc(F)cc3c2OCOC3)CCC1. The fraction of sp³-hybridized carbons (Fsp3) is 0.538. The summed E-state index contributed by atoms with van der Waals surface area (Å²) in [6, 6.07) is 3.07. The Morgan fingerprint density at radius 3 is 2.82 bits per heavy atom. The second kappa shape index (κ2) is 3.96. The molecule has 1 aliphatic carbocycles. The normalized spacial score (nSPS) is 21.3. The van der Waals surface area contributed by atoms with E-state index in [0.717, 1.165) is 36.1 Å². The fourth-order valence-corrected chi connectivity index (χ4v) is 2.76. The van der Waals surface area contributed by atoms with Crippen LogP contribution in [0.4, 0.5) is 4.39 Å². The number of hydrogen-bond donors (Lipinski definition) is 1. The van der Waals surface area contributed by atoms with Crippen molar-refractivity contribution in [3.63, 3.8) is 0 Å². The minimum absolute atomic E-state index is 0.0798. The first-order valence-corrected chi connectivity index (χ1v) is 5.99. The van der Waals surface area contributed by atoms with Crippen molar-refractivity contribution in [3.05, 3.63) is 29.1 Å². The van der Waals surface area contributed by atoms with Gasteiger partial charge in [-0.05, 0) is 25.0 Å². The van der Waals surface area contributed by atoms with Crippen LogP contribution < -0.4 is 10.5 Å². The molecule has 2 aliphatic rings. The zero-order valence-electron chi connectivity index (χ0n) is 9.67. The largest absolute Gasteiger partial charge is 0.467 e. The van der Waals surface area contributed by atoms with E-state index in [4.69, 9.17) is 15.2 Å². The quantitative estimate of drug-likeness (QED) is 0.856. The molecule has 1 saturated carbocycles. The molecule has 3 rings (SSSR count). The van der Waals surface area contributed by atoms with E-state index in [1.165, 1.54) is 6.07 Å². The minimum atomic E-state index is -0.229. The van der Waals surface area contributed by atoms with Crippen molar-refractivity contribution in [1.29, 1.82) is 0 Å². The Morgan fingerprint density at radius 2 is 2.18 bits per heavy atom. The zero-order chi connectivity index (χ0) is 11.9. The highest BCUT2D eigenvalue weighted by Gasteiger charge is 2.40. The van der Waals surface area contributed by atoms with E-state index in [2.05, 4.69) is 0 Å². The van der Waals surface area contributed by atoms with Crippen molar-refractivity contribution in [2.45, 2.75) is 31.3 Å². The maximum Gasteiger partial charge on any atom is 0.189 e. The predicted octanol–water partition coefficient (Wildman–Crippen LogP) is 2.07. The number of ether oxygens (including phenoxy) is 2. The van der Waals surface area contributed by atoms with Crippen LogP contribution in [0.3, 0.4) is 0 Å².